The Labute approximate surface area is 182 Å². The number of benzene rings is 1. The summed E-state index contributed by atoms with van der Waals surface area (Å²) in [7, 11) is 0. The van der Waals surface area contributed by atoms with Crippen molar-refractivity contribution in [3.05, 3.63) is 64.2 Å². The average molecular weight is 447 g/mol. The SMILES string of the molecule is CCOC(=O)C1=C(COC(=O)[C@H]2Cc3cc(Cl)ccc3O2)NC(=O)N[C@H]1c1ccco1. The molecule has 2 atom stereocenters. The Morgan fingerprint density at radius 2 is 2.10 bits per heavy atom. The first-order valence-corrected chi connectivity index (χ1v) is 9.97. The van der Waals surface area contributed by atoms with Crippen molar-refractivity contribution in [2.75, 3.05) is 13.2 Å². The summed E-state index contributed by atoms with van der Waals surface area (Å²) in [4.78, 5) is 37.3. The molecule has 2 N–H and O–H groups in total. The zero-order valence-corrected chi connectivity index (χ0v) is 17.2. The van der Waals surface area contributed by atoms with Crippen molar-refractivity contribution < 1.29 is 33.0 Å². The van der Waals surface area contributed by atoms with Gasteiger partial charge in [-0.1, -0.05) is 11.6 Å². The second-order valence-electron chi connectivity index (χ2n) is 6.83. The number of rotatable bonds is 6. The predicted octanol–water partition coefficient (Wildman–Crippen LogP) is 2.65. The van der Waals surface area contributed by atoms with Crippen molar-refractivity contribution >= 4 is 29.6 Å². The molecule has 3 heterocycles. The number of fused-ring (bicyclic) bond motifs is 1. The number of carbonyl (C=O) groups excluding carboxylic acids is 3. The molecule has 162 valence electrons. The molecular formula is C21H19ClN2O7. The molecule has 1 aromatic carbocycles. The van der Waals surface area contributed by atoms with Crippen molar-refractivity contribution in [1.82, 2.24) is 10.6 Å². The van der Waals surface area contributed by atoms with E-state index in [4.69, 9.17) is 30.2 Å². The van der Waals surface area contributed by atoms with E-state index in [1.165, 1.54) is 6.26 Å². The fourth-order valence-electron chi connectivity index (χ4n) is 3.44. The summed E-state index contributed by atoms with van der Waals surface area (Å²) >= 11 is 5.98. The van der Waals surface area contributed by atoms with E-state index in [1.54, 1.807) is 37.3 Å². The van der Waals surface area contributed by atoms with E-state index < -0.39 is 30.1 Å². The second kappa shape index (κ2) is 8.73. The number of urea groups is 1. The molecule has 0 unspecified atom stereocenters. The number of nitrogens with one attached hydrogen (secondary N) is 2. The standard InChI is InChI=1S/C21H19ClN2O7/c1-2-28-20(26)17-13(23-21(27)24-18(17)15-4-3-7-29-15)10-30-19(25)16-9-11-8-12(22)5-6-14(11)31-16/h3-8,16,18H,2,9-10H2,1H3,(H2,23,24,27)/t16-,18+/m1/s1. The van der Waals surface area contributed by atoms with Crippen LogP contribution in [0, 0.1) is 0 Å². The van der Waals surface area contributed by atoms with E-state index in [0.717, 1.165) is 5.56 Å². The number of esters is 2. The molecular weight excluding hydrogens is 428 g/mol. The number of hydrogen-bond donors (Lipinski definition) is 2. The summed E-state index contributed by atoms with van der Waals surface area (Å²) in [6.45, 7) is 1.44. The van der Waals surface area contributed by atoms with Gasteiger partial charge in [0, 0.05) is 11.4 Å². The molecule has 2 aromatic rings. The molecule has 0 spiro atoms. The lowest BCUT2D eigenvalue weighted by atomic mass is 10.0. The Hall–Kier alpha value is -3.46. The maximum atomic E-state index is 12.6. The Morgan fingerprint density at radius 1 is 1.26 bits per heavy atom. The molecule has 9 nitrogen and oxygen atoms in total. The Kier molecular flexibility index (Phi) is 5.85. The fourth-order valence-corrected chi connectivity index (χ4v) is 3.63. The van der Waals surface area contributed by atoms with Gasteiger partial charge in [-0.15, -0.1) is 0 Å². The third-order valence-electron chi connectivity index (χ3n) is 4.80. The van der Waals surface area contributed by atoms with E-state index in [1.807, 2.05) is 0 Å². The molecule has 31 heavy (non-hydrogen) atoms. The van der Waals surface area contributed by atoms with Gasteiger partial charge >= 0.3 is 18.0 Å². The van der Waals surface area contributed by atoms with Gasteiger partial charge in [-0.2, -0.15) is 0 Å². The number of furan rings is 1. The highest BCUT2D eigenvalue weighted by molar-refractivity contribution is 6.30. The van der Waals surface area contributed by atoms with Crippen LogP contribution in [0.2, 0.25) is 5.02 Å². The van der Waals surface area contributed by atoms with Crippen molar-refractivity contribution in [3.63, 3.8) is 0 Å². The van der Waals surface area contributed by atoms with Crippen LogP contribution < -0.4 is 15.4 Å². The topological polar surface area (TPSA) is 116 Å². The summed E-state index contributed by atoms with van der Waals surface area (Å²) in [6.07, 6.45) is 0.882. The lowest BCUT2D eigenvalue weighted by Crippen LogP contribution is -2.47. The molecule has 0 fully saturated rings. The van der Waals surface area contributed by atoms with Crippen molar-refractivity contribution in [2.24, 2.45) is 0 Å². The van der Waals surface area contributed by atoms with Crippen LogP contribution in [0.4, 0.5) is 4.79 Å². The minimum atomic E-state index is -0.884. The number of ether oxygens (including phenoxy) is 3. The maximum absolute atomic E-state index is 12.6. The summed E-state index contributed by atoms with van der Waals surface area (Å²) in [5.74, 6) is -0.397. The normalized spacial score (nSPS) is 19.7. The van der Waals surface area contributed by atoms with Gasteiger partial charge in [-0.25, -0.2) is 14.4 Å². The highest BCUT2D eigenvalue weighted by Gasteiger charge is 2.37. The molecule has 0 bridgehead atoms. The van der Waals surface area contributed by atoms with Crippen LogP contribution in [0.1, 0.15) is 24.3 Å². The van der Waals surface area contributed by atoms with E-state index >= 15 is 0 Å². The van der Waals surface area contributed by atoms with Gasteiger partial charge in [0.2, 0.25) is 0 Å². The Morgan fingerprint density at radius 3 is 2.84 bits per heavy atom. The summed E-state index contributed by atoms with van der Waals surface area (Å²) in [5, 5.41) is 5.68. The number of halogens is 1. The van der Waals surface area contributed by atoms with Crippen molar-refractivity contribution in [1.29, 1.82) is 0 Å². The number of amides is 2. The minimum Gasteiger partial charge on any atom is -0.478 e. The first-order chi connectivity index (χ1) is 15.0. The number of hydrogen-bond acceptors (Lipinski definition) is 7. The maximum Gasteiger partial charge on any atom is 0.348 e. The lowest BCUT2D eigenvalue weighted by molar-refractivity contribution is -0.150. The largest absolute Gasteiger partial charge is 0.478 e. The zero-order valence-electron chi connectivity index (χ0n) is 16.5. The van der Waals surface area contributed by atoms with Crippen molar-refractivity contribution in [2.45, 2.75) is 25.5 Å². The molecule has 2 aliphatic rings. The van der Waals surface area contributed by atoms with Crippen LogP contribution in [0.15, 0.2) is 52.3 Å². The third kappa shape index (κ3) is 4.36. The van der Waals surface area contributed by atoms with Crippen LogP contribution in [-0.2, 0) is 25.5 Å². The first kappa shape index (κ1) is 20.8. The summed E-state index contributed by atoms with van der Waals surface area (Å²) in [5.41, 5.74) is 0.996. The number of carbonyl (C=O) groups is 3. The van der Waals surface area contributed by atoms with Gasteiger partial charge < -0.3 is 29.3 Å². The van der Waals surface area contributed by atoms with Gasteiger partial charge in [0.1, 0.15) is 24.2 Å². The zero-order chi connectivity index (χ0) is 22.0. The average Bonchev–Trinajstić information content (AvgIpc) is 3.41. The van der Waals surface area contributed by atoms with Gasteiger partial charge in [-0.3, -0.25) is 0 Å². The molecule has 1 aromatic heterocycles. The monoisotopic (exact) mass is 446 g/mol. The van der Waals surface area contributed by atoms with E-state index in [9.17, 15) is 14.4 Å². The smallest absolute Gasteiger partial charge is 0.348 e. The Bertz CT molecular complexity index is 1050. The van der Waals surface area contributed by atoms with Crippen LogP contribution in [0.3, 0.4) is 0 Å². The summed E-state index contributed by atoms with van der Waals surface area (Å²) in [6, 6.07) is 6.88. The fraction of sp³-hybridized carbons (Fsp3) is 0.286. The van der Waals surface area contributed by atoms with Gasteiger partial charge in [0.15, 0.2) is 6.10 Å². The van der Waals surface area contributed by atoms with E-state index in [2.05, 4.69) is 10.6 Å². The van der Waals surface area contributed by atoms with Crippen LogP contribution in [0.5, 0.6) is 5.75 Å². The predicted molar refractivity (Wildman–Crippen MR) is 107 cm³/mol. The second-order valence-corrected chi connectivity index (χ2v) is 7.27. The molecule has 10 heteroatoms. The van der Waals surface area contributed by atoms with Crippen LogP contribution >= 0.6 is 11.6 Å². The molecule has 0 radical (unpaired) electrons. The van der Waals surface area contributed by atoms with E-state index in [0.29, 0.717) is 23.0 Å². The highest BCUT2D eigenvalue weighted by atomic mass is 35.5. The quantitative estimate of drug-likeness (QED) is 0.655. The van der Waals surface area contributed by atoms with Gasteiger partial charge in [-0.05, 0) is 42.8 Å². The van der Waals surface area contributed by atoms with Gasteiger partial charge in [0.25, 0.3) is 0 Å². The van der Waals surface area contributed by atoms with E-state index in [-0.39, 0.29) is 24.5 Å². The third-order valence-corrected chi connectivity index (χ3v) is 5.03. The van der Waals surface area contributed by atoms with Crippen LogP contribution in [0.25, 0.3) is 0 Å². The molecule has 0 aliphatic carbocycles. The Balaban J connectivity index is 1.53. The summed E-state index contributed by atoms with van der Waals surface area (Å²) < 4.78 is 21.5. The van der Waals surface area contributed by atoms with Crippen LogP contribution in [-0.4, -0.2) is 37.3 Å². The first-order valence-electron chi connectivity index (χ1n) is 9.59. The molecule has 2 amide bonds. The highest BCUT2D eigenvalue weighted by Crippen LogP contribution is 2.32. The van der Waals surface area contributed by atoms with Gasteiger partial charge in [0.05, 0.1) is 24.1 Å². The minimum absolute atomic E-state index is 0.0895. The van der Waals surface area contributed by atoms with Crippen molar-refractivity contribution in [3.8, 4) is 5.75 Å². The molecule has 4 rings (SSSR count). The molecule has 0 saturated heterocycles. The lowest BCUT2D eigenvalue weighted by Gasteiger charge is -2.27. The molecule has 2 aliphatic heterocycles. The molecule has 0 saturated carbocycles.